The molecule has 174 valence electrons. The number of methoxy groups -OCH3 is 1. The minimum Gasteiger partial charge on any atom is -0.482 e. The molecule has 1 N–H and O–H groups in total. The van der Waals surface area contributed by atoms with Crippen LogP contribution in [0.15, 0.2) is 47.4 Å². The molecule has 0 bridgehead atoms. The van der Waals surface area contributed by atoms with Gasteiger partial charge in [0.1, 0.15) is 5.75 Å². The summed E-state index contributed by atoms with van der Waals surface area (Å²) in [7, 11) is -2.20. The maximum Gasteiger partial charge on any atom is 0.343 e. The van der Waals surface area contributed by atoms with Crippen LogP contribution < -0.4 is 10.1 Å². The number of anilines is 1. The van der Waals surface area contributed by atoms with Crippen molar-refractivity contribution in [1.82, 2.24) is 4.31 Å². The summed E-state index contributed by atoms with van der Waals surface area (Å²) < 4.78 is 36.4. The summed E-state index contributed by atoms with van der Waals surface area (Å²) in [5.74, 6) is -0.125. The van der Waals surface area contributed by atoms with Crippen LogP contribution in [0.25, 0.3) is 0 Å². The summed E-state index contributed by atoms with van der Waals surface area (Å²) in [6.07, 6.45) is 0.735. The molecule has 0 saturated heterocycles. The number of nitrogens with one attached hydrogen (secondary N) is 1. The molecule has 9 heteroatoms. The maximum atomic E-state index is 12.6. The molecule has 0 fully saturated rings. The van der Waals surface area contributed by atoms with Gasteiger partial charge in [0, 0.05) is 25.2 Å². The molecule has 32 heavy (non-hydrogen) atoms. The van der Waals surface area contributed by atoms with Gasteiger partial charge < -0.3 is 14.8 Å². The zero-order chi connectivity index (χ0) is 23.7. The smallest absolute Gasteiger partial charge is 0.343 e. The molecule has 0 atom stereocenters. The Morgan fingerprint density at radius 2 is 1.69 bits per heavy atom. The molecule has 8 nitrogen and oxygen atoms in total. The van der Waals surface area contributed by atoms with Gasteiger partial charge in [0.05, 0.1) is 12.0 Å². The van der Waals surface area contributed by atoms with E-state index in [4.69, 9.17) is 4.74 Å². The fourth-order valence-electron chi connectivity index (χ4n) is 3.08. The Bertz CT molecular complexity index is 1030. The van der Waals surface area contributed by atoms with Gasteiger partial charge in [-0.15, -0.1) is 0 Å². The van der Waals surface area contributed by atoms with Gasteiger partial charge in [-0.25, -0.2) is 13.2 Å². The minimum atomic E-state index is -3.49. The van der Waals surface area contributed by atoms with Crippen LogP contribution in [-0.4, -0.2) is 51.4 Å². The molecule has 0 aliphatic heterocycles. The lowest BCUT2D eigenvalue weighted by Crippen LogP contribution is -2.30. The molecule has 0 heterocycles. The van der Waals surface area contributed by atoms with Crippen molar-refractivity contribution in [2.45, 2.75) is 38.5 Å². The van der Waals surface area contributed by atoms with Crippen molar-refractivity contribution in [3.05, 3.63) is 53.6 Å². The molecular weight excluding hydrogens is 432 g/mol. The second-order valence-electron chi connectivity index (χ2n) is 7.12. The monoisotopic (exact) mass is 462 g/mol. The molecule has 0 aliphatic carbocycles. The van der Waals surface area contributed by atoms with E-state index in [0.29, 0.717) is 30.9 Å². The fourth-order valence-corrected chi connectivity index (χ4v) is 4.54. The number of aryl methyl sites for hydroxylation is 2. The first-order valence-corrected chi connectivity index (χ1v) is 11.8. The molecule has 1 amide bonds. The number of carbonyl (C=O) groups excluding carboxylic acids is 2. The fraction of sp³-hybridized carbons (Fsp3) is 0.391. The molecule has 2 rings (SSSR count). The van der Waals surface area contributed by atoms with E-state index >= 15 is 0 Å². The number of esters is 1. The van der Waals surface area contributed by atoms with Gasteiger partial charge in [-0.2, -0.15) is 4.31 Å². The third-order valence-corrected chi connectivity index (χ3v) is 7.03. The van der Waals surface area contributed by atoms with E-state index in [1.807, 2.05) is 6.92 Å². The Balaban J connectivity index is 1.92. The average molecular weight is 463 g/mol. The number of nitrogens with zero attached hydrogens (tertiary/aromatic N) is 1. The Morgan fingerprint density at radius 3 is 2.25 bits per heavy atom. The molecule has 2 aromatic carbocycles. The summed E-state index contributed by atoms with van der Waals surface area (Å²) >= 11 is 0. The summed E-state index contributed by atoms with van der Waals surface area (Å²) in [5.41, 5.74) is 2.33. The van der Waals surface area contributed by atoms with Crippen molar-refractivity contribution < 1.29 is 27.5 Å². The predicted molar refractivity (Wildman–Crippen MR) is 122 cm³/mol. The summed E-state index contributed by atoms with van der Waals surface area (Å²) in [5, 5.41) is 2.86. The van der Waals surface area contributed by atoms with Crippen LogP contribution in [-0.2, 0) is 30.8 Å². The zero-order valence-electron chi connectivity index (χ0n) is 18.9. The van der Waals surface area contributed by atoms with Crippen molar-refractivity contribution in [2.24, 2.45) is 0 Å². The first kappa shape index (κ1) is 25.4. The summed E-state index contributed by atoms with van der Waals surface area (Å²) in [6.45, 7) is 6.08. The highest BCUT2D eigenvalue weighted by atomic mass is 32.2. The summed E-state index contributed by atoms with van der Waals surface area (Å²) in [6, 6.07) is 11.8. The van der Waals surface area contributed by atoms with E-state index < -0.39 is 16.0 Å². The van der Waals surface area contributed by atoms with Gasteiger partial charge >= 0.3 is 5.97 Å². The van der Waals surface area contributed by atoms with Crippen LogP contribution in [0.3, 0.4) is 0 Å². The molecule has 0 aliphatic rings. The Kier molecular flexibility index (Phi) is 9.22. The van der Waals surface area contributed by atoms with Crippen molar-refractivity contribution in [3.8, 4) is 5.75 Å². The largest absolute Gasteiger partial charge is 0.482 e. The van der Waals surface area contributed by atoms with Crippen LogP contribution in [0.5, 0.6) is 5.75 Å². The molecule has 0 unspecified atom stereocenters. The Labute approximate surface area is 189 Å². The number of ether oxygens (including phenoxy) is 2. The van der Waals surface area contributed by atoms with Crippen molar-refractivity contribution >= 4 is 27.6 Å². The van der Waals surface area contributed by atoms with Crippen LogP contribution in [0.1, 0.15) is 31.4 Å². The number of carbonyl (C=O) groups is 2. The quantitative estimate of drug-likeness (QED) is 0.515. The van der Waals surface area contributed by atoms with Crippen molar-refractivity contribution in [2.75, 3.05) is 32.1 Å². The van der Waals surface area contributed by atoms with Crippen molar-refractivity contribution in [1.29, 1.82) is 0 Å². The number of sulfonamides is 1. The second-order valence-corrected chi connectivity index (χ2v) is 9.06. The SMILES string of the molecule is CCN(CC)S(=O)(=O)c1ccc(CCC(=O)Nc2ccc(OCC(=O)OC)cc2C)cc1. The van der Waals surface area contributed by atoms with E-state index in [0.717, 1.165) is 11.1 Å². The normalized spacial score (nSPS) is 11.3. The zero-order valence-corrected chi connectivity index (χ0v) is 19.7. The second kappa shape index (κ2) is 11.6. The number of rotatable bonds is 11. The standard InChI is InChI=1S/C23H30N2O6S/c1-5-25(6-2)32(28,29)20-11-7-18(8-12-20)9-14-22(26)24-21-13-10-19(15-17(21)3)31-16-23(27)30-4/h7-8,10-13,15H,5-6,9,14,16H2,1-4H3,(H,24,26). The van der Waals surface area contributed by atoms with E-state index in [1.165, 1.54) is 11.4 Å². The topological polar surface area (TPSA) is 102 Å². The predicted octanol–water partition coefficient (Wildman–Crippen LogP) is 3.15. The van der Waals surface area contributed by atoms with Gasteiger partial charge in [-0.3, -0.25) is 4.79 Å². The number of hydrogen-bond acceptors (Lipinski definition) is 6. The first-order chi connectivity index (χ1) is 15.2. The van der Waals surface area contributed by atoms with Crippen LogP contribution in [0.4, 0.5) is 5.69 Å². The third-order valence-electron chi connectivity index (χ3n) is 4.96. The molecule has 0 aromatic heterocycles. The molecule has 0 saturated carbocycles. The number of benzene rings is 2. The molecule has 2 aromatic rings. The van der Waals surface area contributed by atoms with E-state index in [1.54, 1.807) is 56.3 Å². The first-order valence-electron chi connectivity index (χ1n) is 10.4. The number of hydrogen-bond donors (Lipinski definition) is 1. The lowest BCUT2D eigenvalue weighted by atomic mass is 10.1. The number of amides is 1. The maximum absolute atomic E-state index is 12.6. The van der Waals surface area contributed by atoms with Gasteiger partial charge in [0.25, 0.3) is 0 Å². The lowest BCUT2D eigenvalue weighted by Gasteiger charge is -2.18. The highest BCUT2D eigenvalue weighted by molar-refractivity contribution is 7.89. The van der Waals surface area contributed by atoms with E-state index in [2.05, 4.69) is 10.1 Å². The third kappa shape index (κ3) is 6.80. The van der Waals surface area contributed by atoms with Crippen LogP contribution in [0, 0.1) is 6.92 Å². The minimum absolute atomic E-state index is 0.156. The van der Waals surface area contributed by atoms with E-state index in [-0.39, 0.29) is 23.8 Å². The van der Waals surface area contributed by atoms with E-state index in [9.17, 15) is 18.0 Å². The van der Waals surface area contributed by atoms with Gasteiger partial charge in [0.2, 0.25) is 15.9 Å². The van der Waals surface area contributed by atoms with Gasteiger partial charge in [0.15, 0.2) is 6.61 Å². The van der Waals surface area contributed by atoms with Gasteiger partial charge in [-0.05, 0) is 54.8 Å². The lowest BCUT2D eigenvalue weighted by molar-refractivity contribution is -0.142. The molecule has 0 spiro atoms. The Morgan fingerprint density at radius 1 is 1.03 bits per heavy atom. The average Bonchev–Trinajstić information content (AvgIpc) is 2.78. The Hall–Kier alpha value is -2.91. The molecule has 0 radical (unpaired) electrons. The summed E-state index contributed by atoms with van der Waals surface area (Å²) in [4.78, 5) is 23.8. The van der Waals surface area contributed by atoms with Crippen LogP contribution in [0.2, 0.25) is 0 Å². The van der Waals surface area contributed by atoms with Gasteiger partial charge in [-0.1, -0.05) is 26.0 Å². The highest BCUT2D eigenvalue weighted by Gasteiger charge is 2.21. The van der Waals surface area contributed by atoms with Crippen molar-refractivity contribution in [3.63, 3.8) is 0 Å². The molecular formula is C23H30N2O6S. The highest BCUT2D eigenvalue weighted by Crippen LogP contribution is 2.22. The van der Waals surface area contributed by atoms with Crippen LogP contribution >= 0.6 is 0 Å².